The highest BCUT2D eigenvalue weighted by molar-refractivity contribution is 7.81. The molecule has 0 aromatic carbocycles. The van der Waals surface area contributed by atoms with Crippen LogP contribution in [0, 0.1) is 5.92 Å². The van der Waals surface area contributed by atoms with Crippen molar-refractivity contribution in [3.8, 4) is 0 Å². The van der Waals surface area contributed by atoms with Crippen molar-refractivity contribution in [2.24, 2.45) is 5.92 Å². The summed E-state index contributed by atoms with van der Waals surface area (Å²) < 4.78 is 12.3. The van der Waals surface area contributed by atoms with Crippen LogP contribution >= 0.6 is 12.6 Å². The van der Waals surface area contributed by atoms with Crippen LogP contribution in [0.5, 0.6) is 0 Å². The van der Waals surface area contributed by atoms with Crippen molar-refractivity contribution in [3.05, 3.63) is 0 Å². The molecule has 2 unspecified atom stereocenters. The van der Waals surface area contributed by atoms with Crippen molar-refractivity contribution < 1.29 is 9.47 Å². The molecule has 0 aliphatic heterocycles. The zero-order valence-electron chi connectivity index (χ0n) is 27.6. The van der Waals surface area contributed by atoms with E-state index in [1.165, 1.54) is 57.8 Å². The highest BCUT2D eigenvalue weighted by atomic mass is 32.1. The van der Waals surface area contributed by atoms with E-state index in [0.29, 0.717) is 0 Å². The average molecular weight is 559 g/mol. The number of unbranched alkanes of at least 4 members (excludes halogenated alkanes) is 5. The fourth-order valence-corrected chi connectivity index (χ4v) is 4.95. The summed E-state index contributed by atoms with van der Waals surface area (Å²) >= 11 is 4.81. The Bertz CT molecular complexity index is 563. The molecule has 0 saturated heterocycles. The first kappa shape index (κ1) is 38.2. The zero-order chi connectivity index (χ0) is 29.1. The number of ether oxygens (including phenoxy) is 2. The van der Waals surface area contributed by atoms with Crippen LogP contribution in [0.1, 0.15) is 159 Å². The minimum absolute atomic E-state index is 0.0232. The normalized spacial score (nSPS) is 15.6. The van der Waals surface area contributed by atoms with Gasteiger partial charge in [0, 0.05) is 24.3 Å². The Morgan fingerprint density at radius 2 is 1.16 bits per heavy atom. The lowest BCUT2D eigenvalue weighted by molar-refractivity contribution is -0.0269. The SMILES string of the molecule is CCCCCC(C)(C)OCCCCC(C)(C)NCCCCC(C)(S)OCCCCC(C)(C)NCC(C)CC. The Balaban J connectivity index is 3.89. The van der Waals surface area contributed by atoms with Crippen LogP contribution in [0.3, 0.4) is 0 Å². The van der Waals surface area contributed by atoms with Gasteiger partial charge in [-0.1, -0.05) is 46.5 Å². The fourth-order valence-electron chi connectivity index (χ4n) is 4.70. The summed E-state index contributed by atoms with van der Waals surface area (Å²) in [5.41, 5.74) is 0.400. The van der Waals surface area contributed by atoms with Gasteiger partial charge in [-0.25, -0.2) is 0 Å². The van der Waals surface area contributed by atoms with Crippen molar-refractivity contribution in [3.63, 3.8) is 0 Å². The lowest BCUT2D eigenvalue weighted by Crippen LogP contribution is -2.41. The topological polar surface area (TPSA) is 42.5 Å². The molecule has 0 fully saturated rings. The maximum Gasteiger partial charge on any atom is 0.108 e. The van der Waals surface area contributed by atoms with Crippen molar-refractivity contribution >= 4 is 12.6 Å². The molecule has 0 radical (unpaired) electrons. The van der Waals surface area contributed by atoms with Gasteiger partial charge in [0.2, 0.25) is 0 Å². The lowest BCUT2D eigenvalue weighted by atomic mass is 9.96. The summed E-state index contributed by atoms with van der Waals surface area (Å²) in [6.07, 6.45) is 16.5. The number of thiol groups is 1. The molecule has 5 heteroatoms. The van der Waals surface area contributed by atoms with E-state index in [9.17, 15) is 0 Å². The van der Waals surface area contributed by atoms with Crippen LogP contribution in [0.4, 0.5) is 0 Å². The van der Waals surface area contributed by atoms with E-state index in [0.717, 1.165) is 64.3 Å². The summed E-state index contributed by atoms with van der Waals surface area (Å²) in [6, 6.07) is 0. The van der Waals surface area contributed by atoms with Gasteiger partial charge in [-0.15, -0.1) is 12.6 Å². The minimum Gasteiger partial charge on any atom is -0.376 e. The van der Waals surface area contributed by atoms with E-state index in [1.54, 1.807) is 0 Å². The lowest BCUT2D eigenvalue weighted by Gasteiger charge is -2.29. The Hall–Kier alpha value is 0.190. The van der Waals surface area contributed by atoms with Crippen LogP contribution in [-0.4, -0.2) is 47.9 Å². The standard InChI is InChI=1S/C33H70N2O2S/c1-11-13-14-23-32(8,9)36-26-19-16-21-30(4,5)34-25-18-15-24-33(10,38)37-27-20-17-22-31(6,7)35-28-29(3)12-2/h29,34-35,38H,11-28H2,1-10H3. The number of hydrogen-bond donors (Lipinski definition) is 3. The molecule has 0 bridgehead atoms. The molecular formula is C33H70N2O2S. The number of hydrogen-bond acceptors (Lipinski definition) is 5. The largest absolute Gasteiger partial charge is 0.376 e. The van der Waals surface area contributed by atoms with Crippen LogP contribution in [0.2, 0.25) is 0 Å². The second-order valence-electron chi connectivity index (χ2n) is 14.0. The number of nitrogens with one attached hydrogen (secondary N) is 2. The molecule has 0 spiro atoms. The molecule has 0 saturated carbocycles. The maximum absolute atomic E-state index is 6.17. The molecule has 0 aromatic heterocycles. The Morgan fingerprint density at radius 3 is 1.74 bits per heavy atom. The van der Waals surface area contributed by atoms with E-state index in [4.69, 9.17) is 22.1 Å². The van der Waals surface area contributed by atoms with Crippen molar-refractivity contribution in [1.29, 1.82) is 0 Å². The quantitative estimate of drug-likeness (QED) is 0.0562. The van der Waals surface area contributed by atoms with Crippen LogP contribution in [-0.2, 0) is 9.47 Å². The van der Waals surface area contributed by atoms with Gasteiger partial charge in [-0.05, 0) is 132 Å². The van der Waals surface area contributed by atoms with Gasteiger partial charge in [0.05, 0.1) is 5.60 Å². The summed E-state index contributed by atoms with van der Waals surface area (Å²) in [4.78, 5) is -0.329. The molecule has 2 N–H and O–H groups in total. The highest BCUT2D eigenvalue weighted by Crippen LogP contribution is 2.24. The monoisotopic (exact) mass is 559 g/mol. The van der Waals surface area contributed by atoms with Crippen LogP contribution < -0.4 is 10.6 Å². The van der Waals surface area contributed by atoms with Crippen molar-refractivity contribution in [1.82, 2.24) is 10.6 Å². The van der Waals surface area contributed by atoms with Gasteiger partial charge >= 0.3 is 0 Å². The maximum atomic E-state index is 6.17. The summed E-state index contributed by atoms with van der Waals surface area (Å²) in [7, 11) is 0. The molecule has 0 aliphatic rings. The molecular weight excluding hydrogens is 488 g/mol. The van der Waals surface area contributed by atoms with E-state index in [2.05, 4.69) is 79.9 Å². The summed E-state index contributed by atoms with van der Waals surface area (Å²) in [6.45, 7) is 26.6. The first-order chi connectivity index (χ1) is 17.6. The molecule has 0 aromatic rings. The third kappa shape index (κ3) is 22.9. The molecule has 4 nitrogen and oxygen atoms in total. The van der Waals surface area contributed by atoms with Crippen molar-refractivity contribution in [2.75, 3.05) is 26.3 Å². The van der Waals surface area contributed by atoms with Gasteiger partial charge < -0.3 is 20.1 Å². The molecule has 0 aliphatic carbocycles. The van der Waals surface area contributed by atoms with Crippen LogP contribution in [0.25, 0.3) is 0 Å². The molecule has 230 valence electrons. The van der Waals surface area contributed by atoms with Gasteiger partial charge in [-0.2, -0.15) is 0 Å². The average Bonchev–Trinajstić information content (AvgIpc) is 2.81. The van der Waals surface area contributed by atoms with Gasteiger partial charge in [0.15, 0.2) is 0 Å². The van der Waals surface area contributed by atoms with Crippen molar-refractivity contribution in [2.45, 2.75) is 181 Å². The van der Waals surface area contributed by atoms with Gasteiger partial charge in [0.1, 0.15) is 4.93 Å². The third-order valence-electron chi connectivity index (χ3n) is 7.98. The predicted molar refractivity (Wildman–Crippen MR) is 173 cm³/mol. The van der Waals surface area contributed by atoms with E-state index < -0.39 is 0 Å². The number of rotatable bonds is 26. The minimum atomic E-state index is -0.329. The molecule has 0 amide bonds. The van der Waals surface area contributed by atoms with E-state index in [1.807, 2.05) is 0 Å². The smallest absolute Gasteiger partial charge is 0.108 e. The fraction of sp³-hybridized carbons (Fsp3) is 1.00. The van der Waals surface area contributed by atoms with Gasteiger partial charge in [-0.3, -0.25) is 0 Å². The Morgan fingerprint density at radius 1 is 0.632 bits per heavy atom. The second kappa shape index (κ2) is 20.1. The van der Waals surface area contributed by atoms with E-state index in [-0.39, 0.29) is 21.6 Å². The van der Waals surface area contributed by atoms with E-state index >= 15 is 0 Å². The summed E-state index contributed by atoms with van der Waals surface area (Å²) in [5.74, 6) is 0.742. The predicted octanol–water partition coefficient (Wildman–Crippen LogP) is 9.32. The first-order valence-corrected chi connectivity index (χ1v) is 16.6. The van der Waals surface area contributed by atoms with Gasteiger partial charge in [0.25, 0.3) is 0 Å². The Kier molecular flexibility index (Phi) is 20.2. The summed E-state index contributed by atoms with van der Waals surface area (Å²) in [5, 5.41) is 7.50. The molecule has 0 rings (SSSR count). The van der Waals surface area contributed by atoms with Crippen LogP contribution in [0.15, 0.2) is 0 Å². The Labute approximate surface area is 245 Å². The molecule has 38 heavy (non-hydrogen) atoms. The molecule has 2 atom stereocenters. The first-order valence-electron chi connectivity index (χ1n) is 16.1. The highest BCUT2D eigenvalue weighted by Gasteiger charge is 2.22. The second-order valence-corrected chi connectivity index (χ2v) is 15.0. The molecule has 0 heterocycles. The zero-order valence-corrected chi connectivity index (χ0v) is 28.5. The third-order valence-corrected chi connectivity index (χ3v) is 8.33.